The Hall–Kier alpha value is -1.43. The number of nitrogens with two attached hydrogens (primary N) is 2. The summed E-state index contributed by atoms with van der Waals surface area (Å²) in [6.07, 6.45) is 4.18. The van der Waals surface area contributed by atoms with Crippen LogP contribution in [0.15, 0.2) is 5.10 Å². The van der Waals surface area contributed by atoms with Crippen LogP contribution in [0.25, 0.3) is 0 Å². The third-order valence-electron chi connectivity index (χ3n) is 3.43. The summed E-state index contributed by atoms with van der Waals surface area (Å²) >= 11 is 0. The molecule has 0 unspecified atom stereocenters. The lowest BCUT2D eigenvalue weighted by Gasteiger charge is -2.34. The lowest BCUT2D eigenvalue weighted by atomic mass is 9.91. The molecule has 1 saturated carbocycles. The van der Waals surface area contributed by atoms with Crippen molar-refractivity contribution in [2.24, 2.45) is 16.6 Å². The quantitative estimate of drug-likeness (QED) is 0.691. The maximum Gasteiger partial charge on any atom is 0.264 e. The molecule has 2 rings (SSSR count). The predicted octanol–water partition coefficient (Wildman–Crippen LogP) is -0.280. The second kappa shape index (κ2) is 4.83. The van der Waals surface area contributed by atoms with Crippen molar-refractivity contribution in [3.05, 3.63) is 0 Å². The number of carbonyl (C=O) groups is 2. The van der Waals surface area contributed by atoms with Crippen LogP contribution in [0.3, 0.4) is 0 Å². The lowest BCUT2D eigenvalue weighted by molar-refractivity contribution is -0.135. The maximum absolute atomic E-state index is 11.8. The average Bonchev–Trinajstić information content (AvgIpc) is 2.31. The largest absolute Gasteiger partial charge is 0.364 e. The number of primary amides is 1. The molecule has 0 bridgehead atoms. The molecule has 2 aliphatic rings. The molecule has 6 nitrogen and oxygen atoms in total. The monoisotopic (exact) mass is 238 g/mol. The SMILES string of the molecule is NC(=O)C1=NN(C2CCC(N)CC2)C(=O)CC1. The highest BCUT2D eigenvalue weighted by Crippen LogP contribution is 2.25. The maximum atomic E-state index is 11.8. The van der Waals surface area contributed by atoms with Crippen molar-refractivity contribution < 1.29 is 9.59 Å². The van der Waals surface area contributed by atoms with E-state index in [-0.39, 0.29) is 18.0 Å². The molecule has 94 valence electrons. The molecule has 0 radical (unpaired) electrons. The van der Waals surface area contributed by atoms with E-state index in [0.717, 1.165) is 25.7 Å². The van der Waals surface area contributed by atoms with Crippen LogP contribution in [0, 0.1) is 0 Å². The summed E-state index contributed by atoms with van der Waals surface area (Å²) in [6, 6.07) is 0.308. The Bertz CT molecular complexity index is 358. The standard InChI is InChI=1S/C11H18N4O2/c12-7-1-3-8(4-2-7)15-10(16)6-5-9(14-15)11(13)17/h7-8H,1-6,12H2,(H2,13,17). The van der Waals surface area contributed by atoms with E-state index in [1.807, 2.05) is 0 Å². The fourth-order valence-corrected chi connectivity index (χ4v) is 2.38. The Kier molecular flexibility index (Phi) is 3.42. The van der Waals surface area contributed by atoms with Crippen molar-refractivity contribution in [3.8, 4) is 0 Å². The van der Waals surface area contributed by atoms with Crippen LogP contribution in [0.1, 0.15) is 38.5 Å². The number of hydrogen-bond acceptors (Lipinski definition) is 4. The van der Waals surface area contributed by atoms with Gasteiger partial charge in [0.2, 0.25) is 5.91 Å². The van der Waals surface area contributed by atoms with Gasteiger partial charge in [-0.3, -0.25) is 9.59 Å². The van der Waals surface area contributed by atoms with Gasteiger partial charge in [-0.1, -0.05) is 0 Å². The summed E-state index contributed by atoms with van der Waals surface area (Å²) in [5, 5.41) is 5.55. The fourth-order valence-electron chi connectivity index (χ4n) is 2.38. The van der Waals surface area contributed by atoms with Crippen LogP contribution in [-0.2, 0) is 9.59 Å². The minimum atomic E-state index is -0.532. The van der Waals surface area contributed by atoms with Gasteiger partial charge in [-0.15, -0.1) is 0 Å². The summed E-state index contributed by atoms with van der Waals surface area (Å²) in [4.78, 5) is 22.9. The minimum Gasteiger partial charge on any atom is -0.364 e. The van der Waals surface area contributed by atoms with Crippen molar-refractivity contribution >= 4 is 17.5 Å². The highest BCUT2D eigenvalue weighted by molar-refractivity contribution is 6.39. The topological polar surface area (TPSA) is 102 Å². The van der Waals surface area contributed by atoms with Gasteiger partial charge in [0, 0.05) is 18.9 Å². The van der Waals surface area contributed by atoms with Gasteiger partial charge in [0.05, 0.1) is 6.04 Å². The number of amides is 2. The summed E-state index contributed by atoms with van der Waals surface area (Å²) in [6.45, 7) is 0. The van der Waals surface area contributed by atoms with Crippen LogP contribution < -0.4 is 11.5 Å². The van der Waals surface area contributed by atoms with E-state index < -0.39 is 5.91 Å². The van der Waals surface area contributed by atoms with Crippen molar-refractivity contribution in [1.29, 1.82) is 0 Å². The third kappa shape index (κ3) is 2.63. The molecule has 1 aliphatic heterocycles. The normalized spacial score (nSPS) is 30.1. The first-order valence-electron chi connectivity index (χ1n) is 6.03. The van der Waals surface area contributed by atoms with Crippen molar-refractivity contribution in [3.63, 3.8) is 0 Å². The van der Waals surface area contributed by atoms with E-state index in [0.29, 0.717) is 18.6 Å². The Morgan fingerprint density at radius 3 is 2.47 bits per heavy atom. The molecule has 1 fully saturated rings. The molecule has 6 heteroatoms. The van der Waals surface area contributed by atoms with Gasteiger partial charge in [-0.25, -0.2) is 5.01 Å². The van der Waals surface area contributed by atoms with Crippen molar-refractivity contribution in [2.75, 3.05) is 0 Å². The van der Waals surface area contributed by atoms with E-state index >= 15 is 0 Å². The summed E-state index contributed by atoms with van der Waals surface area (Å²) in [5.41, 5.74) is 11.3. The number of carbonyl (C=O) groups excluding carboxylic acids is 2. The summed E-state index contributed by atoms with van der Waals surface area (Å²) in [7, 11) is 0. The molecule has 17 heavy (non-hydrogen) atoms. The minimum absolute atomic E-state index is 0.0181. The molecule has 1 heterocycles. The van der Waals surface area contributed by atoms with E-state index in [1.54, 1.807) is 0 Å². The van der Waals surface area contributed by atoms with Crippen molar-refractivity contribution in [2.45, 2.75) is 50.6 Å². The number of hydrogen-bond donors (Lipinski definition) is 2. The zero-order chi connectivity index (χ0) is 12.4. The van der Waals surface area contributed by atoms with Gasteiger partial charge in [0.15, 0.2) is 0 Å². The Labute approximate surface area is 100 Å². The average molecular weight is 238 g/mol. The Morgan fingerprint density at radius 1 is 1.24 bits per heavy atom. The third-order valence-corrected chi connectivity index (χ3v) is 3.43. The number of nitrogens with zero attached hydrogens (tertiary/aromatic N) is 2. The van der Waals surface area contributed by atoms with Gasteiger partial charge in [-0.05, 0) is 25.7 Å². The lowest BCUT2D eigenvalue weighted by Crippen LogP contribution is -2.45. The second-order valence-electron chi connectivity index (χ2n) is 4.72. The van der Waals surface area contributed by atoms with E-state index in [1.165, 1.54) is 5.01 Å². The first-order valence-corrected chi connectivity index (χ1v) is 6.03. The molecule has 4 N–H and O–H groups in total. The van der Waals surface area contributed by atoms with Gasteiger partial charge in [-0.2, -0.15) is 5.10 Å². The highest BCUT2D eigenvalue weighted by atomic mass is 16.2. The van der Waals surface area contributed by atoms with Gasteiger partial charge >= 0.3 is 0 Å². The van der Waals surface area contributed by atoms with Crippen LogP contribution >= 0.6 is 0 Å². The summed E-state index contributed by atoms with van der Waals surface area (Å²) in [5.74, 6) is -0.550. The highest BCUT2D eigenvalue weighted by Gasteiger charge is 2.31. The zero-order valence-electron chi connectivity index (χ0n) is 9.76. The van der Waals surface area contributed by atoms with Crippen LogP contribution in [0.4, 0.5) is 0 Å². The van der Waals surface area contributed by atoms with Gasteiger partial charge in [0.25, 0.3) is 5.91 Å². The number of rotatable bonds is 2. The molecule has 0 aromatic rings. The van der Waals surface area contributed by atoms with Crippen molar-refractivity contribution in [1.82, 2.24) is 5.01 Å². The Morgan fingerprint density at radius 2 is 1.88 bits per heavy atom. The van der Waals surface area contributed by atoms with E-state index in [9.17, 15) is 9.59 Å². The molecular formula is C11H18N4O2. The molecule has 2 amide bonds. The van der Waals surface area contributed by atoms with Crippen LogP contribution in [0.5, 0.6) is 0 Å². The van der Waals surface area contributed by atoms with E-state index in [2.05, 4.69) is 5.10 Å². The smallest absolute Gasteiger partial charge is 0.264 e. The molecule has 0 spiro atoms. The molecule has 0 aromatic carbocycles. The molecule has 0 atom stereocenters. The predicted molar refractivity (Wildman–Crippen MR) is 62.9 cm³/mol. The van der Waals surface area contributed by atoms with Gasteiger partial charge in [0.1, 0.15) is 5.71 Å². The summed E-state index contributed by atoms with van der Waals surface area (Å²) < 4.78 is 0. The van der Waals surface area contributed by atoms with E-state index in [4.69, 9.17) is 11.5 Å². The van der Waals surface area contributed by atoms with Gasteiger partial charge < -0.3 is 11.5 Å². The fraction of sp³-hybridized carbons (Fsp3) is 0.727. The molecule has 0 saturated heterocycles. The number of hydrazone groups is 1. The van der Waals surface area contributed by atoms with Crippen LogP contribution in [-0.4, -0.2) is 34.6 Å². The molecule has 0 aromatic heterocycles. The zero-order valence-corrected chi connectivity index (χ0v) is 9.76. The molecule has 1 aliphatic carbocycles. The second-order valence-corrected chi connectivity index (χ2v) is 4.72. The first-order chi connectivity index (χ1) is 8.08. The van der Waals surface area contributed by atoms with Crippen LogP contribution in [0.2, 0.25) is 0 Å². The molecular weight excluding hydrogens is 220 g/mol. The first kappa shape index (κ1) is 12.0. The Balaban J connectivity index is 2.10.